The van der Waals surface area contributed by atoms with Gasteiger partial charge < -0.3 is 5.32 Å². The van der Waals surface area contributed by atoms with Gasteiger partial charge in [-0.05, 0) is 13.0 Å². The van der Waals surface area contributed by atoms with Gasteiger partial charge in [0, 0.05) is 37.7 Å². The van der Waals surface area contributed by atoms with Gasteiger partial charge in [0.25, 0.3) is 5.56 Å². The molecule has 1 atom stereocenters. The first kappa shape index (κ1) is 14.8. The van der Waals surface area contributed by atoms with Crippen molar-refractivity contribution in [2.45, 2.75) is 26.1 Å². The summed E-state index contributed by atoms with van der Waals surface area (Å²) in [4.78, 5) is 35.0. The molecule has 0 radical (unpaired) electrons. The smallest absolute Gasteiger partial charge is 0.331 e. The fourth-order valence-corrected chi connectivity index (χ4v) is 1.95. The normalized spacial score (nSPS) is 12.1. The van der Waals surface area contributed by atoms with Crippen molar-refractivity contribution >= 4 is 5.91 Å². The van der Waals surface area contributed by atoms with Gasteiger partial charge in [0.1, 0.15) is 6.54 Å². The Kier molecular flexibility index (Phi) is 4.36. The number of hydrogen-bond acceptors (Lipinski definition) is 4. The van der Waals surface area contributed by atoms with Crippen molar-refractivity contribution in [3.05, 3.63) is 51.6 Å². The molecule has 2 rings (SSSR count). The Morgan fingerprint density at radius 2 is 2.14 bits per heavy atom. The van der Waals surface area contributed by atoms with Gasteiger partial charge in [-0.1, -0.05) is 0 Å². The maximum Gasteiger partial charge on any atom is 0.331 e. The van der Waals surface area contributed by atoms with Crippen molar-refractivity contribution in [2.24, 2.45) is 7.05 Å². The van der Waals surface area contributed by atoms with Crippen molar-refractivity contribution in [3.8, 4) is 0 Å². The molecule has 0 aromatic carbocycles. The van der Waals surface area contributed by atoms with Crippen molar-refractivity contribution in [1.82, 2.24) is 24.2 Å². The highest BCUT2D eigenvalue weighted by Gasteiger charge is 2.10. The molecule has 0 saturated carbocycles. The van der Waals surface area contributed by atoms with E-state index in [1.165, 1.54) is 23.9 Å². The molecule has 1 unspecified atom stereocenters. The van der Waals surface area contributed by atoms with Gasteiger partial charge in [0.2, 0.25) is 5.91 Å². The minimum Gasteiger partial charge on any atom is -0.350 e. The van der Waals surface area contributed by atoms with Gasteiger partial charge in [-0.25, -0.2) is 4.79 Å². The van der Waals surface area contributed by atoms with E-state index in [2.05, 4.69) is 10.4 Å². The second kappa shape index (κ2) is 6.21. The van der Waals surface area contributed by atoms with Gasteiger partial charge in [-0.3, -0.25) is 23.4 Å². The molecular weight excluding hydrogens is 274 g/mol. The lowest BCUT2D eigenvalue weighted by Crippen LogP contribution is -2.42. The lowest BCUT2D eigenvalue weighted by molar-refractivity contribution is -0.122. The highest BCUT2D eigenvalue weighted by Crippen LogP contribution is 1.91. The Hall–Kier alpha value is -2.64. The fraction of sp³-hybridized carbons (Fsp3) is 0.385. The molecule has 21 heavy (non-hydrogen) atoms. The molecule has 0 fully saturated rings. The largest absolute Gasteiger partial charge is 0.350 e. The van der Waals surface area contributed by atoms with Crippen LogP contribution < -0.4 is 16.6 Å². The molecule has 8 nitrogen and oxygen atoms in total. The Balaban J connectivity index is 1.97. The molecule has 0 bridgehead atoms. The SMILES string of the molecule is CC(Cn1cccn1)NC(=O)Cn1ccc(=O)n(C)c1=O. The molecule has 2 aromatic rings. The first-order valence-corrected chi connectivity index (χ1v) is 6.50. The second-order valence-electron chi connectivity index (χ2n) is 4.82. The van der Waals surface area contributed by atoms with Crippen molar-refractivity contribution in [3.63, 3.8) is 0 Å². The predicted molar refractivity (Wildman–Crippen MR) is 75.8 cm³/mol. The molecule has 112 valence electrons. The molecule has 0 aliphatic carbocycles. The highest BCUT2D eigenvalue weighted by molar-refractivity contribution is 5.75. The number of nitrogens with one attached hydrogen (secondary N) is 1. The van der Waals surface area contributed by atoms with Crippen molar-refractivity contribution < 1.29 is 4.79 Å². The van der Waals surface area contributed by atoms with Crippen LogP contribution in [0.1, 0.15) is 6.92 Å². The third-order valence-electron chi connectivity index (χ3n) is 3.00. The van der Waals surface area contributed by atoms with Crippen LogP contribution in [-0.2, 0) is 24.9 Å². The number of carbonyl (C=O) groups excluding carboxylic acids is 1. The highest BCUT2D eigenvalue weighted by atomic mass is 16.2. The second-order valence-corrected chi connectivity index (χ2v) is 4.82. The Morgan fingerprint density at radius 1 is 1.38 bits per heavy atom. The monoisotopic (exact) mass is 291 g/mol. The van der Waals surface area contributed by atoms with Crippen LogP contribution in [0.25, 0.3) is 0 Å². The summed E-state index contributed by atoms with van der Waals surface area (Å²) in [6.07, 6.45) is 4.79. The van der Waals surface area contributed by atoms with E-state index in [1.807, 2.05) is 6.92 Å². The number of rotatable bonds is 5. The fourth-order valence-electron chi connectivity index (χ4n) is 1.95. The third-order valence-corrected chi connectivity index (χ3v) is 3.00. The van der Waals surface area contributed by atoms with E-state index < -0.39 is 11.2 Å². The molecule has 2 heterocycles. The predicted octanol–water partition coefficient (Wildman–Crippen LogP) is -1.05. The van der Waals surface area contributed by atoms with Crippen LogP contribution in [0.3, 0.4) is 0 Å². The molecule has 0 saturated heterocycles. The van der Waals surface area contributed by atoms with Gasteiger partial charge in [0.05, 0.1) is 6.54 Å². The summed E-state index contributed by atoms with van der Waals surface area (Å²) >= 11 is 0. The zero-order valence-corrected chi connectivity index (χ0v) is 11.9. The summed E-state index contributed by atoms with van der Waals surface area (Å²) in [5.41, 5.74) is -0.916. The zero-order valence-electron chi connectivity index (χ0n) is 11.9. The Labute approximate surface area is 120 Å². The van der Waals surface area contributed by atoms with Crippen LogP contribution in [0.4, 0.5) is 0 Å². The average molecular weight is 291 g/mol. The maximum atomic E-state index is 11.9. The summed E-state index contributed by atoms with van der Waals surface area (Å²) < 4.78 is 3.86. The topological polar surface area (TPSA) is 90.9 Å². The molecule has 0 aliphatic rings. The van der Waals surface area contributed by atoms with Crippen molar-refractivity contribution in [1.29, 1.82) is 0 Å². The van der Waals surface area contributed by atoms with E-state index in [0.717, 1.165) is 4.57 Å². The number of aromatic nitrogens is 4. The average Bonchev–Trinajstić information content (AvgIpc) is 2.92. The molecule has 8 heteroatoms. The summed E-state index contributed by atoms with van der Waals surface area (Å²) in [7, 11) is 1.37. The number of nitrogens with zero attached hydrogens (tertiary/aromatic N) is 4. The van der Waals surface area contributed by atoms with Crippen LogP contribution in [0.5, 0.6) is 0 Å². The Bertz CT molecular complexity index is 729. The van der Waals surface area contributed by atoms with E-state index in [0.29, 0.717) is 6.54 Å². The van der Waals surface area contributed by atoms with E-state index >= 15 is 0 Å². The van der Waals surface area contributed by atoms with E-state index in [-0.39, 0.29) is 18.5 Å². The maximum absolute atomic E-state index is 11.9. The molecule has 1 N–H and O–H groups in total. The van der Waals surface area contributed by atoms with Crippen LogP contribution in [0.15, 0.2) is 40.3 Å². The summed E-state index contributed by atoms with van der Waals surface area (Å²) in [5, 5.41) is 6.84. The zero-order chi connectivity index (χ0) is 15.4. The minimum absolute atomic E-state index is 0.124. The van der Waals surface area contributed by atoms with Crippen LogP contribution in [0, 0.1) is 0 Å². The summed E-state index contributed by atoms with van der Waals surface area (Å²) in [5.74, 6) is -0.296. The lowest BCUT2D eigenvalue weighted by atomic mass is 10.3. The van der Waals surface area contributed by atoms with Crippen LogP contribution >= 0.6 is 0 Å². The molecule has 1 amide bonds. The lowest BCUT2D eigenvalue weighted by Gasteiger charge is -2.14. The molecule has 0 spiro atoms. The van der Waals surface area contributed by atoms with Crippen LogP contribution in [-0.4, -0.2) is 30.9 Å². The standard InChI is InChI=1S/C13H17N5O3/c1-10(8-18-6-3-5-14-18)15-11(19)9-17-7-4-12(20)16(2)13(17)21/h3-7,10H,8-9H2,1-2H3,(H,15,19). The summed E-state index contributed by atoms with van der Waals surface area (Å²) in [6, 6.07) is 2.93. The van der Waals surface area contributed by atoms with Gasteiger partial charge >= 0.3 is 5.69 Å². The van der Waals surface area contributed by atoms with E-state index in [4.69, 9.17) is 0 Å². The quantitative estimate of drug-likeness (QED) is 0.761. The van der Waals surface area contributed by atoms with Crippen LogP contribution in [0.2, 0.25) is 0 Å². The number of amides is 1. The van der Waals surface area contributed by atoms with Crippen molar-refractivity contribution in [2.75, 3.05) is 0 Å². The van der Waals surface area contributed by atoms with Gasteiger partial charge in [-0.2, -0.15) is 5.10 Å². The number of carbonyl (C=O) groups is 1. The summed E-state index contributed by atoms with van der Waals surface area (Å²) in [6.45, 7) is 2.26. The number of hydrogen-bond donors (Lipinski definition) is 1. The molecule has 2 aromatic heterocycles. The first-order chi connectivity index (χ1) is 9.97. The minimum atomic E-state index is -0.516. The van der Waals surface area contributed by atoms with Gasteiger partial charge in [0.15, 0.2) is 0 Å². The molecule has 0 aliphatic heterocycles. The Morgan fingerprint density at radius 3 is 2.81 bits per heavy atom. The van der Waals surface area contributed by atoms with E-state index in [1.54, 1.807) is 23.1 Å². The van der Waals surface area contributed by atoms with E-state index in [9.17, 15) is 14.4 Å². The first-order valence-electron chi connectivity index (χ1n) is 6.50. The molecular formula is C13H17N5O3. The third kappa shape index (κ3) is 3.68. The van der Waals surface area contributed by atoms with Gasteiger partial charge in [-0.15, -0.1) is 0 Å².